The quantitative estimate of drug-likeness (QED) is 0.447. The number of rotatable bonds is 7. The Balaban J connectivity index is 1.90. The third-order valence-corrected chi connectivity index (χ3v) is 4.12. The molecule has 3 nitrogen and oxygen atoms in total. The van der Waals surface area contributed by atoms with Crippen molar-refractivity contribution in [2.45, 2.75) is 38.5 Å². The lowest BCUT2D eigenvalue weighted by Crippen LogP contribution is -2.08. The number of hydrogen-bond donors (Lipinski definition) is 0. The largest absolute Gasteiger partial charge is 0.382 e. The van der Waals surface area contributed by atoms with Gasteiger partial charge in [0.05, 0.1) is 5.52 Å². The smallest absolute Gasteiger partial charge is 0.164 e. The Morgan fingerprint density at radius 1 is 1.41 bits per heavy atom. The summed E-state index contributed by atoms with van der Waals surface area (Å²) in [6.07, 6.45) is 5.32. The van der Waals surface area contributed by atoms with Crippen molar-refractivity contribution in [3.63, 3.8) is 0 Å². The van der Waals surface area contributed by atoms with Crippen molar-refractivity contribution in [1.82, 2.24) is 4.98 Å². The molecule has 0 atom stereocenters. The SMILES string of the molecule is [B]c1ccc2c(C3CC3)c(C(=O)CCCOCC)cnc2c1. The zero-order chi connectivity index (χ0) is 15.5. The van der Waals surface area contributed by atoms with Gasteiger partial charge in [0.25, 0.3) is 0 Å². The molecule has 1 aromatic heterocycles. The van der Waals surface area contributed by atoms with E-state index in [1.807, 2.05) is 25.1 Å². The number of aromatic nitrogens is 1. The number of pyridine rings is 1. The van der Waals surface area contributed by atoms with Gasteiger partial charge >= 0.3 is 0 Å². The number of carbonyl (C=O) groups is 1. The molecule has 4 heteroatoms. The molecule has 1 saturated carbocycles. The van der Waals surface area contributed by atoms with E-state index in [4.69, 9.17) is 12.6 Å². The fourth-order valence-electron chi connectivity index (χ4n) is 2.88. The molecule has 2 aromatic rings. The van der Waals surface area contributed by atoms with Crippen molar-refractivity contribution in [2.75, 3.05) is 13.2 Å². The highest BCUT2D eigenvalue weighted by molar-refractivity contribution is 6.33. The van der Waals surface area contributed by atoms with Gasteiger partial charge < -0.3 is 4.74 Å². The first-order valence-electron chi connectivity index (χ1n) is 7.99. The van der Waals surface area contributed by atoms with Crippen molar-refractivity contribution in [3.05, 3.63) is 35.5 Å². The molecule has 1 heterocycles. The van der Waals surface area contributed by atoms with E-state index in [1.165, 1.54) is 5.56 Å². The molecule has 1 fully saturated rings. The second-order valence-electron chi connectivity index (χ2n) is 5.86. The van der Waals surface area contributed by atoms with Crippen LogP contribution in [0.3, 0.4) is 0 Å². The maximum Gasteiger partial charge on any atom is 0.164 e. The molecular formula is C18H20BNO2. The minimum Gasteiger partial charge on any atom is -0.382 e. The number of benzene rings is 1. The molecule has 0 amide bonds. The lowest BCUT2D eigenvalue weighted by molar-refractivity contribution is 0.0946. The highest BCUT2D eigenvalue weighted by Crippen LogP contribution is 2.44. The standard InChI is InChI=1S/C18H20BNO2/c1-2-22-9-3-4-17(21)15-11-20-16-10-13(19)7-8-14(16)18(15)12-5-6-12/h7-8,10-12H,2-6,9H2,1H3. The summed E-state index contributed by atoms with van der Waals surface area (Å²) in [5, 5.41) is 1.08. The van der Waals surface area contributed by atoms with Gasteiger partial charge in [-0.1, -0.05) is 17.6 Å². The zero-order valence-corrected chi connectivity index (χ0v) is 13.0. The van der Waals surface area contributed by atoms with E-state index in [0.29, 0.717) is 31.0 Å². The summed E-state index contributed by atoms with van der Waals surface area (Å²) in [7, 11) is 5.84. The third kappa shape index (κ3) is 3.22. The average Bonchev–Trinajstić information content (AvgIpc) is 3.34. The minimum atomic E-state index is 0.174. The van der Waals surface area contributed by atoms with E-state index >= 15 is 0 Å². The van der Waals surface area contributed by atoms with E-state index < -0.39 is 0 Å². The first kappa shape index (κ1) is 15.2. The number of hydrogen-bond acceptors (Lipinski definition) is 3. The summed E-state index contributed by atoms with van der Waals surface area (Å²) < 4.78 is 5.31. The van der Waals surface area contributed by atoms with Crippen molar-refractivity contribution >= 4 is 30.0 Å². The summed E-state index contributed by atoms with van der Waals surface area (Å²) in [5.41, 5.74) is 3.55. The first-order chi connectivity index (χ1) is 10.7. The van der Waals surface area contributed by atoms with Crippen LogP contribution in [-0.4, -0.2) is 31.8 Å². The van der Waals surface area contributed by atoms with Crippen LogP contribution in [0.4, 0.5) is 0 Å². The number of ketones is 1. The number of carbonyl (C=O) groups excluding carboxylic acids is 1. The molecule has 0 unspecified atom stereocenters. The zero-order valence-electron chi connectivity index (χ0n) is 13.0. The molecule has 1 aliphatic carbocycles. The Morgan fingerprint density at radius 2 is 2.23 bits per heavy atom. The van der Waals surface area contributed by atoms with E-state index in [2.05, 4.69) is 4.98 Å². The molecule has 1 aliphatic rings. The summed E-state index contributed by atoms with van der Waals surface area (Å²) >= 11 is 0. The molecule has 0 aliphatic heterocycles. The van der Waals surface area contributed by atoms with Crippen LogP contribution in [0.1, 0.15) is 54.4 Å². The van der Waals surface area contributed by atoms with E-state index in [-0.39, 0.29) is 5.78 Å². The van der Waals surface area contributed by atoms with Gasteiger partial charge in [-0.15, -0.1) is 0 Å². The summed E-state index contributed by atoms with van der Waals surface area (Å²) in [4.78, 5) is 17.0. The number of nitrogens with zero attached hydrogens (tertiary/aromatic N) is 1. The van der Waals surface area contributed by atoms with Gasteiger partial charge in [0.2, 0.25) is 0 Å². The Labute approximate surface area is 132 Å². The van der Waals surface area contributed by atoms with Crippen LogP contribution < -0.4 is 5.46 Å². The second kappa shape index (κ2) is 6.61. The number of Topliss-reactive ketones (excluding diaryl/α,β-unsaturated/α-hetero) is 1. The first-order valence-corrected chi connectivity index (χ1v) is 7.99. The van der Waals surface area contributed by atoms with E-state index in [1.54, 1.807) is 6.20 Å². The van der Waals surface area contributed by atoms with Gasteiger partial charge in [0, 0.05) is 36.8 Å². The molecule has 0 spiro atoms. The maximum absolute atomic E-state index is 12.6. The fraction of sp³-hybridized carbons (Fsp3) is 0.444. The predicted octanol–water partition coefficient (Wildman–Crippen LogP) is 2.91. The van der Waals surface area contributed by atoms with Crippen molar-refractivity contribution < 1.29 is 9.53 Å². The van der Waals surface area contributed by atoms with Gasteiger partial charge in [-0.25, -0.2) is 0 Å². The van der Waals surface area contributed by atoms with Crippen molar-refractivity contribution in [2.24, 2.45) is 0 Å². The van der Waals surface area contributed by atoms with Gasteiger partial charge in [0.15, 0.2) is 5.78 Å². The Morgan fingerprint density at radius 3 is 2.95 bits per heavy atom. The second-order valence-corrected chi connectivity index (χ2v) is 5.86. The highest BCUT2D eigenvalue weighted by atomic mass is 16.5. The molecule has 3 rings (SSSR count). The van der Waals surface area contributed by atoms with Crippen LogP contribution in [0.15, 0.2) is 24.4 Å². The summed E-state index contributed by atoms with van der Waals surface area (Å²) in [5.74, 6) is 0.674. The molecule has 1 aromatic carbocycles. The predicted molar refractivity (Wildman–Crippen MR) is 89.2 cm³/mol. The molecule has 0 N–H and O–H groups in total. The molecule has 2 radical (unpaired) electrons. The van der Waals surface area contributed by atoms with Crippen LogP contribution in [0.2, 0.25) is 0 Å². The number of ether oxygens (including phenoxy) is 1. The average molecular weight is 293 g/mol. The topological polar surface area (TPSA) is 39.2 Å². The fourth-order valence-corrected chi connectivity index (χ4v) is 2.88. The summed E-state index contributed by atoms with van der Waals surface area (Å²) in [6.45, 7) is 3.30. The minimum absolute atomic E-state index is 0.174. The third-order valence-electron chi connectivity index (χ3n) is 4.12. The monoisotopic (exact) mass is 293 g/mol. The maximum atomic E-state index is 12.6. The molecule has 22 heavy (non-hydrogen) atoms. The molecule has 0 saturated heterocycles. The van der Waals surface area contributed by atoms with Crippen molar-refractivity contribution in [3.8, 4) is 0 Å². The molecular weight excluding hydrogens is 273 g/mol. The van der Waals surface area contributed by atoms with Crippen LogP contribution in [0.25, 0.3) is 10.9 Å². The summed E-state index contributed by atoms with van der Waals surface area (Å²) in [6, 6.07) is 5.77. The van der Waals surface area contributed by atoms with Crippen LogP contribution >= 0.6 is 0 Å². The van der Waals surface area contributed by atoms with Gasteiger partial charge in [-0.05, 0) is 43.7 Å². The Bertz CT molecular complexity index is 695. The van der Waals surface area contributed by atoms with Crippen molar-refractivity contribution in [1.29, 1.82) is 0 Å². The lowest BCUT2D eigenvalue weighted by atomic mass is 9.91. The van der Waals surface area contributed by atoms with Gasteiger partial charge in [0.1, 0.15) is 7.85 Å². The molecule has 112 valence electrons. The number of fused-ring (bicyclic) bond motifs is 1. The Kier molecular flexibility index (Phi) is 4.58. The van der Waals surface area contributed by atoms with E-state index in [9.17, 15) is 4.79 Å². The lowest BCUT2D eigenvalue weighted by Gasteiger charge is -2.12. The van der Waals surface area contributed by atoms with Crippen LogP contribution in [0, 0.1) is 0 Å². The Hall–Kier alpha value is -1.68. The highest BCUT2D eigenvalue weighted by Gasteiger charge is 2.30. The molecule has 0 bridgehead atoms. The van der Waals surface area contributed by atoms with E-state index in [0.717, 1.165) is 35.7 Å². The van der Waals surface area contributed by atoms with Gasteiger partial charge in [-0.2, -0.15) is 0 Å². The van der Waals surface area contributed by atoms with Gasteiger partial charge in [-0.3, -0.25) is 9.78 Å². The van der Waals surface area contributed by atoms with Crippen LogP contribution in [-0.2, 0) is 4.74 Å². The normalized spacial score (nSPS) is 14.4. The van der Waals surface area contributed by atoms with Crippen LogP contribution in [0.5, 0.6) is 0 Å².